The Labute approximate surface area is 139 Å². The monoisotopic (exact) mass is 314 g/mol. The van der Waals surface area contributed by atoms with E-state index in [1.807, 2.05) is 86.6 Å². The number of para-hydroxylation sites is 2. The fraction of sp³-hybridized carbons (Fsp3) is 0.316. The lowest BCUT2D eigenvalue weighted by Gasteiger charge is -2.18. The molecule has 0 aliphatic heterocycles. The Morgan fingerprint density at radius 1 is 1.04 bits per heavy atom. The van der Waals surface area contributed by atoms with E-state index in [4.69, 9.17) is 4.74 Å². The van der Waals surface area contributed by atoms with Crippen LogP contribution in [0.1, 0.15) is 13.3 Å². The Hall–Kier alpha value is -2.49. The molecule has 0 amide bonds. The summed E-state index contributed by atoms with van der Waals surface area (Å²) in [6, 6.07) is 20.0. The van der Waals surface area contributed by atoms with E-state index in [1.165, 1.54) is 0 Å². The van der Waals surface area contributed by atoms with E-state index >= 15 is 0 Å². The number of esters is 1. The maximum Gasteiger partial charge on any atom is 0.307 e. The topological polar surface area (TPSA) is 41.6 Å². The predicted octanol–water partition coefficient (Wildman–Crippen LogP) is 3.80. The smallest absolute Gasteiger partial charge is 0.307 e. The second-order valence-corrected chi connectivity index (χ2v) is 4.93. The molecule has 0 aliphatic rings. The lowest BCUT2D eigenvalue weighted by Crippen LogP contribution is -2.21. The fourth-order valence-corrected chi connectivity index (χ4v) is 1.91. The summed E-state index contributed by atoms with van der Waals surface area (Å²) in [4.78, 5) is 13.2. The molecule has 4 heteroatoms. The van der Waals surface area contributed by atoms with Crippen LogP contribution < -0.4 is 10.2 Å². The van der Waals surface area contributed by atoms with Crippen molar-refractivity contribution in [3.63, 3.8) is 0 Å². The van der Waals surface area contributed by atoms with Gasteiger partial charge in [0.15, 0.2) is 0 Å². The van der Waals surface area contributed by atoms with Crippen LogP contribution in [0, 0.1) is 0 Å². The lowest BCUT2D eigenvalue weighted by atomic mass is 10.3. The van der Waals surface area contributed by atoms with Gasteiger partial charge in [-0.3, -0.25) is 4.79 Å². The first-order valence-corrected chi connectivity index (χ1v) is 7.82. The number of carbonyl (C=O) groups excluding carboxylic acids is 1. The van der Waals surface area contributed by atoms with Gasteiger partial charge in [0.25, 0.3) is 0 Å². The van der Waals surface area contributed by atoms with E-state index in [1.54, 1.807) is 0 Å². The Morgan fingerprint density at radius 3 is 2.09 bits per heavy atom. The Kier molecular flexibility index (Phi) is 8.98. The first kappa shape index (κ1) is 18.6. The van der Waals surface area contributed by atoms with Gasteiger partial charge in [-0.05, 0) is 31.2 Å². The van der Waals surface area contributed by atoms with Crippen LogP contribution in [-0.2, 0) is 9.53 Å². The third-order valence-electron chi connectivity index (χ3n) is 3.22. The molecule has 0 fully saturated rings. The summed E-state index contributed by atoms with van der Waals surface area (Å²) in [5, 5.41) is 3.03. The molecule has 23 heavy (non-hydrogen) atoms. The quantitative estimate of drug-likeness (QED) is 0.823. The molecule has 0 bridgehead atoms. The molecular weight excluding hydrogens is 288 g/mol. The summed E-state index contributed by atoms with van der Waals surface area (Å²) in [6.45, 7) is 2.95. The largest absolute Gasteiger partial charge is 0.466 e. The van der Waals surface area contributed by atoms with Crippen LogP contribution >= 0.6 is 0 Å². The van der Waals surface area contributed by atoms with Gasteiger partial charge < -0.3 is 15.0 Å². The van der Waals surface area contributed by atoms with Crippen LogP contribution in [0.25, 0.3) is 0 Å². The third kappa shape index (κ3) is 7.90. The Morgan fingerprint density at radius 2 is 1.61 bits per heavy atom. The van der Waals surface area contributed by atoms with E-state index < -0.39 is 0 Å². The number of benzene rings is 2. The zero-order valence-electron chi connectivity index (χ0n) is 14.2. The first-order valence-electron chi connectivity index (χ1n) is 7.82. The number of hydrogen-bond donors (Lipinski definition) is 1. The van der Waals surface area contributed by atoms with Crippen LogP contribution in [0.15, 0.2) is 60.7 Å². The molecule has 0 aromatic heterocycles. The second kappa shape index (κ2) is 11.1. The van der Waals surface area contributed by atoms with E-state index in [9.17, 15) is 4.79 Å². The van der Waals surface area contributed by atoms with Crippen molar-refractivity contribution >= 4 is 17.3 Å². The molecule has 0 saturated heterocycles. The predicted molar refractivity (Wildman–Crippen MR) is 97.0 cm³/mol. The van der Waals surface area contributed by atoms with Crippen LogP contribution in [0.3, 0.4) is 0 Å². The number of ether oxygens (including phenoxy) is 1. The Bertz CT molecular complexity index is 544. The van der Waals surface area contributed by atoms with E-state index in [0.717, 1.165) is 11.4 Å². The van der Waals surface area contributed by atoms with Gasteiger partial charge in [-0.15, -0.1) is 0 Å². The van der Waals surface area contributed by atoms with Gasteiger partial charge in [-0.1, -0.05) is 36.4 Å². The minimum absolute atomic E-state index is 0.139. The second-order valence-electron chi connectivity index (χ2n) is 4.93. The van der Waals surface area contributed by atoms with Crippen molar-refractivity contribution in [1.82, 2.24) is 0 Å². The zero-order chi connectivity index (χ0) is 16.9. The number of nitrogens with zero attached hydrogens (tertiary/aromatic N) is 1. The van der Waals surface area contributed by atoms with Gasteiger partial charge in [-0.2, -0.15) is 0 Å². The minimum atomic E-state index is -0.139. The van der Waals surface area contributed by atoms with Crippen LogP contribution in [-0.4, -0.2) is 33.2 Å². The SMILES string of the molecule is CCOC(=O)CCN(C)c1ccccc1.CNc1ccccc1. The standard InChI is InChI=1S/C12H17NO2.C7H9N/c1-3-15-12(14)9-10-13(2)11-7-5-4-6-8-11;1-8-7-5-3-2-4-6-7/h4-8H,3,9-10H2,1-2H3;2-6,8H,1H3. The number of nitrogens with one attached hydrogen (secondary N) is 1. The highest BCUT2D eigenvalue weighted by atomic mass is 16.5. The molecule has 0 atom stereocenters. The maximum absolute atomic E-state index is 11.1. The number of anilines is 2. The molecule has 0 aliphatic carbocycles. The normalized spacial score (nSPS) is 9.35. The van der Waals surface area contributed by atoms with E-state index in [0.29, 0.717) is 19.6 Å². The van der Waals surface area contributed by atoms with Gasteiger partial charge in [0.2, 0.25) is 0 Å². The van der Waals surface area contributed by atoms with Crippen molar-refractivity contribution in [3.8, 4) is 0 Å². The van der Waals surface area contributed by atoms with Crippen molar-refractivity contribution in [2.24, 2.45) is 0 Å². The molecule has 2 rings (SSSR count). The highest BCUT2D eigenvalue weighted by Crippen LogP contribution is 2.11. The molecule has 0 heterocycles. The molecule has 4 nitrogen and oxygen atoms in total. The summed E-state index contributed by atoms with van der Waals surface area (Å²) in [6.07, 6.45) is 0.430. The van der Waals surface area contributed by atoms with Gasteiger partial charge in [0.05, 0.1) is 13.0 Å². The zero-order valence-corrected chi connectivity index (χ0v) is 14.2. The van der Waals surface area contributed by atoms with Gasteiger partial charge >= 0.3 is 5.97 Å². The van der Waals surface area contributed by atoms with Gasteiger partial charge in [0, 0.05) is 32.0 Å². The lowest BCUT2D eigenvalue weighted by molar-refractivity contribution is -0.142. The average molecular weight is 314 g/mol. The molecule has 0 unspecified atom stereocenters. The van der Waals surface area contributed by atoms with Crippen molar-refractivity contribution < 1.29 is 9.53 Å². The molecule has 0 radical (unpaired) electrons. The number of rotatable bonds is 6. The van der Waals surface area contributed by atoms with Crippen LogP contribution in [0.5, 0.6) is 0 Å². The third-order valence-corrected chi connectivity index (χ3v) is 3.22. The molecule has 2 aromatic carbocycles. The summed E-state index contributed by atoms with van der Waals surface area (Å²) in [5.74, 6) is -0.139. The molecule has 124 valence electrons. The maximum atomic E-state index is 11.1. The summed E-state index contributed by atoms with van der Waals surface area (Å²) < 4.78 is 4.86. The molecule has 0 saturated carbocycles. The molecule has 1 N–H and O–H groups in total. The number of carbonyl (C=O) groups is 1. The number of hydrogen-bond acceptors (Lipinski definition) is 4. The summed E-state index contributed by atoms with van der Waals surface area (Å²) in [5.41, 5.74) is 2.27. The van der Waals surface area contributed by atoms with Crippen molar-refractivity contribution in [3.05, 3.63) is 60.7 Å². The highest BCUT2D eigenvalue weighted by molar-refractivity contribution is 5.70. The molecule has 0 spiro atoms. The Balaban J connectivity index is 0.000000277. The first-order chi connectivity index (χ1) is 11.2. The van der Waals surface area contributed by atoms with Gasteiger partial charge in [0.1, 0.15) is 0 Å². The van der Waals surface area contributed by atoms with E-state index in [-0.39, 0.29) is 5.97 Å². The van der Waals surface area contributed by atoms with Crippen LogP contribution in [0.4, 0.5) is 11.4 Å². The fourth-order valence-electron chi connectivity index (χ4n) is 1.91. The molecule has 2 aromatic rings. The van der Waals surface area contributed by atoms with Crippen molar-refractivity contribution in [2.45, 2.75) is 13.3 Å². The molecular formula is C19H26N2O2. The van der Waals surface area contributed by atoms with Crippen molar-refractivity contribution in [1.29, 1.82) is 0 Å². The van der Waals surface area contributed by atoms with Crippen LogP contribution in [0.2, 0.25) is 0 Å². The van der Waals surface area contributed by atoms with E-state index in [2.05, 4.69) is 5.32 Å². The highest BCUT2D eigenvalue weighted by Gasteiger charge is 2.04. The summed E-state index contributed by atoms with van der Waals surface area (Å²) >= 11 is 0. The minimum Gasteiger partial charge on any atom is -0.466 e. The average Bonchev–Trinajstić information content (AvgIpc) is 2.62. The van der Waals surface area contributed by atoms with Gasteiger partial charge in [-0.25, -0.2) is 0 Å². The van der Waals surface area contributed by atoms with Crippen molar-refractivity contribution in [2.75, 3.05) is 37.5 Å². The summed E-state index contributed by atoms with van der Waals surface area (Å²) in [7, 11) is 3.88.